The van der Waals surface area contributed by atoms with E-state index in [1.807, 2.05) is 60.5 Å². The van der Waals surface area contributed by atoms with E-state index < -0.39 is 0 Å². The van der Waals surface area contributed by atoms with E-state index in [4.69, 9.17) is 10.8 Å². The van der Waals surface area contributed by atoms with E-state index in [1.165, 1.54) is 0 Å². The van der Waals surface area contributed by atoms with Crippen LogP contribution in [0.15, 0.2) is 58.5 Å². The van der Waals surface area contributed by atoms with Crippen molar-refractivity contribution in [2.45, 2.75) is 0 Å². The Bertz CT molecular complexity index is 569. The second-order valence-corrected chi connectivity index (χ2v) is 3.54. The molecule has 0 aliphatic rings. The molecule has 2 aromatic carbocycles. The minimum Gasteiger partial charge on any atom is -0.241 e. The molecule has 4 nitrogen and oxygen atoms in total. The Kier molecular flexibility index (Phi) is 3.57. The highest BCUT2D eigenvalue weighted by molar-refractivity contribution is 5.68. The van der Waals surface area contributed by atoms with Crippen LogP contribution < -0.4 is 0 Å². The number of benzene rings is 2. The zero-order valence-electron chi connectivity index (χ0n) is 9.51. The molecule has 86 valence electrons. The summed E-state index contributed by atoms with van der Waals surface area (Å²) in [5, 5.41) is 13.5. The fourth-order valence-corrected chi connectivity index (χ4v) is 1.59. The molecule has 0 aliphatic heterocycles. The van der Waals surface area contributed by atoms with Gasteiger partial charge in [0.1, 0.15) is 0 Å². The van der Waals surface area contributed by atoms with Crippen molar-refractivity contribution < 1.29 is 0 Å². The summed E-state index contributed by atoms with van der Waals surface area (Å²) in [6, 6.07) is 19.1. The fourth-order valence-electron chi connectivity index (χ4n) is 1.59. The van der Waals surface area contributed by atoms with Gasteiger partial charge in [0.25, 0.3) is 0 Å². The predicted octanol–water partition coefficient (Wildman–Crippen LogP) is 4.12. The summed E-state index contributed by atoms with van der Waals surface area (Å²) in [6.07, 6.45) is 0. The molecule has 0 unspecified atom stereocenters. The summed E-state index contributed by atoms with van der Waals surface area (Å²) in [5.41, 5.74) is 3.53. The quantitative estimate of drug-likeness (QED) is 0.750. The molecule has 0 spiro atoms. The Labute approximate surface area is 104 Å². The predicted molar refractivity (Wildman–Crippen MR) is 71.5 cm³/mol. The van der Waals surface area contributed by atoms with Crippen LogP contribution in [-0.2, 0) is 0 Å². The van der Waals surface area contributed by atoms with E-state index in [0.717, 1.165) is 11.1 Å². The van der Waals surface area contributed by atoms with Crippen molar-refractivity contribution in [3.8, 4) is 11.1 Å². The maximum atomic E-state index is 6.77. The van der Waals surface area contributed by atoms with Gasteiger partial charge in [-0.25, -0.2) is 10.8 Å². The molecule has 0 bridgehead atoms. The monoisotopic (exact) mass is 234 g/mol. The average Bonchev–Trinajstić information content (AvgIpc) is 2.41. The standard InChI is InChI=1S/C14H10N4/c15-9-17-13-5-1-11(2-6-13)12-3-7-14(8-4-12)18-10-16/h1-8,15-16H. The van der Waals surface area contributed by atoms with Crippen LogP contribution in [0.4, 0.5) is 11.4 Å². The van der Waals surface area contributed by atoms with Crippen molar-refractivity contribution in [2.24, 2.45) is 9.98 Å². The Morgan fingerprint density at radius 1 is 0.611 bits per heavy atom. The molecule has 0 saturated carbocycles. The average molecular weight is 234 g/mol. The highest BCUT2D eigenvalue weighted by Crippen LogP contribution is 2.24. The molecule has 0 fully saturated rings. The lowest BCUT2D eigenvalue weighted by molar-refractivity contribution is 1.47. The molecule has 4 heteroatoms. The van der Waals surface area contributed by atoms with Gasteiger partial charge >= 0.3 is 0 Å². The maximum Gasteiger partial charge on any atom is 0.0918 e. The zero-order chi connectivity index (χ0) is 12.8. The topological polar surface area (TPSA) is 72.4 Å². The summed E-state index contributed by atoms with van der Waals surface area (Å²) in [6.45, 7) is 0. The SMILES string of the molecule is N=C=Nc1ccc(-c2ccc(N=C=N)cc2)cc1. The van der Waals surface area contributed by atoms with Gasteiger partial charge in [0, 0.05) is 0 Å². The molecule has 0 amide bonds. The number of nitrogens with zero attached hydrogens (tertiary/aromatic N) is 2. The Hall–Kier alpha value is -2.80. The van der Waals surface area contributed by atoms with Gasteiger partial charge in [-0.1, -0.05) is 24.3 Å². The van der Waals surface area contributed by atoms with Crippen LogP contribution >= 0.6 is 0 Å². The zero-order valence-corrected chi connectivity index (χ0v) is 9.51. The number of hydrogen-bond acceptors (Lipinski definition) is 4. The van der Waals surface area contributed by atoms with Gasteiger partial charge in [-0.15, -0.1) is 0 Å². The summed E-state index contributed by atoms with van der Waals surface area (Å²) in [4.78, 5) is 7.50. The highest BCUT2D eigenvalue weighted by Gasteiger charge is 1.97. The molecule has 0 aromatic heterocycles. The van der Waals surface area contributed by atoms with Gasteiger partial charge in [-0.3, -0.25) is 0 Å². The van der Waals surface area contributed by atoms with Gasteiger partial charge in [-0.05, 0) is 35.4 Å². The van der Waals surface area contributed by atoms with E-state index in [0.29, 0.717) is 11.4 Å². The number of rotatable bonds is 3. The number of hydrogen-bond donors (Lipinski definition) is 2. The first-order chi connectivity index (χ1) is 8.83. The van der Waals surface area contributed by atoms with Crippen molar-refractivity contribution in [1.82, 2.24) is 0 Å². The Morgan fingerprint density at radius 2 is 0.944 bits per heavy atom. The molecule has 0 atom stereocenters. The second-order valence-electron chi connectivity index (χ2n) is 3.54. The molecule has 0 aliphatic carbocycles. The van der Waals surface area contributed by atoms with Crippen molar-refractivity contribution in [3.05, 3.63) is 48.5 Å². The minimum atomic E-state index is 0.707. The van der Waals surface area contributed by atoms with Crippen LogP contribution in [0.5, 0.6) is 0 Å². The molecule has 2 rings (SSSR count). The van der Waals surface area contributed by atoms with Crippen LogP contribution in [0.25, 0.3) is 11.1 Å². The lowest BCUT2D eigenvalue weighted by Crippen LogP contribution is -1.76. The minimum absolute atomic E-state index is 0.707. The van der Waals surface area contributed by atoms with E-state index in [2.05, 4.69) is 9.98 Å². The second kappa shape index (κ2) is 5.51. The van der Waals surface area contributed by atoms with Crippen LogP contribution in [-0.4, -0.2) is 12.0 Å². The summed E-state index contributed by atoms with van der Waals surface area (Å²) in [7, 11) is 0. The molecule has 0 heterocycles. The molecule has 0 saturated heterocycles. The van der Waals surface area contributed by atoms with Crippen molar-refractivity contribution >= 4 is 23.4 Å². The third-order valence-electron chi connectivity index (χ3n) is 2.44. The maximum absolute atomic E-state index is 6.77. The van der Waals surface area contributed by atoms with E-state index in [-0.39, 0.29) is 0 Å². The van der Waals surface area contributed by atoms with Crippen molar-refractivity contribution in [2.75, 3.05) is 0 Å². The molecule has 2 aromatic rings. The third kappa shape index (κ3) is 2.66. The first-order valence-corrected chi connectivity index (χ1v) is 5.29. The molecular formula is C14H10N4. The van der Waals surface area contributed by atoms with Crippen LogP contribution in [0.2, 0.25) is 0 Å². The Balaban J connectivity index is 2.30. The van der Waals surface area contributed by atoms with Crippen molar-refractivity contribution in [3.63, 3.8) is 0 Å². The van der Waals surface area contributed by atoms with Gasteiger partial charge in [0.05, 0.1) is 23.4 Å². The van der Waals surface area contributed by atoms with E-state index >= 15 is 0 Å². The number of nitrogens with one attached hydrogen (secondary N) is 2. The van der Waals surface area contributed by atoms with Gasteiger partial charge in [0.15, 0.2) is 0 Å². The van der Waals surface area contributed by atoms with Crippen LogP contribution in [0, 0.1) is 10.8 Å². The smallest absolute Gasteiger partial charge is 0.0918 e. The third-order valence-corrected chi connectivity index (χ3v) is 2.44. The normalized spacial score (nSPS) is 9.11. The lowest BCUT2D eigenvalue weighted by atomic mass is 10.1. The van der Waals surface area contributed by atoms with Crippen LogP contribution in [0.1, 0.15) is 0 Å². The lowest BCUT2D eigenvalue weighted by Gasteiger charge is -2.02. The molecule has 2 N–H and O–H groups in total. The van der Waals surface area contributed by atoms with E-state index in [1.54, 1.807) is 0 Å². The molecule has 18 heavy (non-hydrogen) atoms. The summed E-state index contributed by atoms with van der Waals surface area (Å²) in [5.74, 6) is 0. The van der Waals surface area contributed by atoms with Crippen molar-refractivity contribution in [1.29, 1.82) is 10.8 Å². The largest absolute Gasteiger partial charge is 0.241 e. The number of aliphatic imine (C=N–C) groups is 2. The first-order valence-electron chi connectivity index (χ1n) is 5.29. The van der Waals surface area contributed by atoms with E-state index in [9.17, 15) is 0 Å². The highest BCUT2D eigenvalue weighted by atomic mass is 14.7. The molecule has 0 radical (unpaired) electrons. The summed E-state index contributed by atoms with van der Waals surface area (Å²) < 4.78 is 0. The summed E-state index contributed by atoms with van der Waals surface area (Å²) >= 11 is 0. The Morgan fingerprint density at radius 3 is 1.22 bits per heavy atom. The fraction of sp³-hybridized carbons (Fsp3) is 0. The van der Waals surface area contributed by atoms with Gasteiger partial charge < -0.3 is 0 Å². The van der Waals surface area contributed by atoms with Gasteiger partial charge in [0.2, 0.25) is 0 Å². The van der Waals surface area contributed by atoms with Crippen LogP contribution in [0.3, 0.4) is 0 Å². The first kappa shape index (κ1) is 11.7. The van der Waals surface area contributed by atoms with Gasteiger partial charge in [-0.2, -0.15) is 9.98 Å². The molecular weight excluding hydrogens is 224 g/mol.